The molecule has 1 aromatic heterocycles. The summed E-state index contributed by atoms with van der Waals surface area (Å²) in [5.74, 6) is 0.252. The van der Waals surface area contributed by atoms with Gasteiger partial charge in [-0.05, 0) is 31.0 Å². The number of benzene rings is 2. The van der Waals surface area contributed by atoms with E-state index in [0.29, 0.717) is 6.54 Å². The minimum Gasteiger partial charge on any atom is -0.347 e. The number of nitrogens with zero attached hydrogens (tertiary/aromatic N) is 1. The molecule has 0 saturated heterocycles. The lowest BCUT2D eigenvalue weighted by molar-refractivity contribution is 0.772. The third kappa shape index (κ3) is 2.47. The fourth-order valence-electron chi connectivity index (χ4n) is 3.14. The molecule has 21 heavy (non-hydrogen) atoms. The number of aromatic nitrogens is 1. The second-order valence-electron chi connectivity index (χ2n) is 5.59. The first-order valence-electron chi connectivity index (χ1n) is 7.59. The van der Waals surface area contributed by atoms with Crippen LogP contribution in [0.2, 0.25) is 0 Å². The normalized spacial score (nSPS) is 12.7. The average molecular weight is 278 g/mol. The van der Waals surface area contributed by atoms with Crippen molar-refractivity contribution in [1.82, 2.24) is 4.57 Å². The Bertz CT molecular complexity index is 755. The van der Waals surface area contributed by atoms with Gasteiger partial charge in [0.1, 0.15) is 0 Å². The van der Waals surface area contributed by atoms with Crippen molar-refractivity contribution < 1.29 is 0 Å². The van der Waals surface area contributed by atoms with Crippen molar-refractivity contribution in [3.05, 3.63) is 71.4 Å². The Balaban J connectivity index is 2.17. The lowest BCUT2D eigenvalue weighted by atomic mass is 9.90. The van der Waals surface area contributed by atoms with Crippen molar-refractivity contribution in [3.8, 4) is 0 Å². The largest absolute Gasteiger partial charge is 0.347 e. The van der Waals surface area contributed by atoms with E-state index in [9.17, 15) is 0 Å². The molecule has 0 spiro atoms. The summed E-state index contributed by atoms with van der Waals surface area (Å²) in [6.45, 7) is 5.92. The molecule has 0 radical (unpaired) electrons. The molecule has 2 heteroatoms. The Morgan fingerprint density at radius 3 is 2.62 bits per heavy atom. The van der Waals surface area contributed by atoms with Crippen LogP contribution in [0.4, 0.5) is 0 Å². The van der Waals surface area contributed by atoms with Gasteiger partial charge in [0.15, 0.2) is 0 Å². The highest BCUT2D eigenvalue weighted by atomic mass is 14.9. The van der Waals surface area contributed by atoms with Crippen molar-refractivity contribution in [2.24, 2.45) is 5.73 Å². The fourth-order valence-corrected chi connectivity index (χ4v) is 3.14. The van der Waals surface area contributed by atoms with E-state index in [1.54, 1.807) is 0 Å². The van der Waals surface area contributed by atoms with Crippen molar-refractivity contribution in [3.63, 3.8) is 0 Å². The number of hydrogen-bond acceptors (Lipinski definition) is 1. The van der Waals surface area contributed by atoms with Gasteiger partial charge >= 0.3 is 0 Å². The quantitative estimate of drug-likeness (QED) is 0.766. The predicted molar refractivity (Wildman–Crippen MR) is 89.7 cm³/mol. The minimum absolute atomic E-state index is 0.252. The number of rotatable bonds is 4. The molecule has 2 N–H and O–H groups in total. The van der Waals surface area contributed by atoms with Gasteiger partial charge in [-0.15, -0.1) is 0 Å². The molecule has 0 aliphatic carbocycles. The van der Waals surface area contributed by atoms with E-state index >= 15 is 0 Å². The van der Waals surface area contributed by atoms with Gasteiger partial charge in [0.05, 0.1) is 0 Å². The molecule has 1 heterocycles. The number of para-hydroxylation sites is 1. The van der Waals surface area contributed by atoms with Crippen molar-refractivity contribution in [2.75, 3.05) is 6.54 Å². The second-order valence-corrected chi connectivity index (χ2v) is 5.59. The molecular weight excluding hydrogens is 256 g/mol. The number of hydrogen-bond donors (Lipinski definition) is 1. The molecule has 3 aromatic rings. The van der Waals surface area contributed by atoms with Crippen LogP contribution in [0, 0.1) is 6.92 Å². The molecular formula is C19H22N2. The van der Waals surface area contributed by atoms with E-state index in [1.807, 2.05) is 0 Å². The SMILES string of the molecule is CCn1cc(C(CN)c2cccc(C)c2)c2ccccc21. The van der Waals surface area contributed by atoms with Crippen molar-refractivity contribution in [2.45, 2.75) is 26.3 Å². The Labute approximate surface area is 126 Å². The van der Waals surface area contributed by atoms with Crippen LogP contribution in [0.15, 0.2) is 54.7 Å². The van der Waals surface area contributed by atoms with E-state index in [-0.39, 0.29) is 5.92 Å². The van der Waals surface area contributed by atoms with Crippen LogP contribution in [0.3, 0.4) is 0 Å². The van der Waals surface area contributed by atoms with Crippen molar-refractivity contribution in [1.29, 1.82) is 0 Å². The summed E-state index contributed by atoms with van der Waals surface area (Å²) in [6, 6.07) is 17.3. The molecule has 108 valence electrons. The van der Waals surface area contributed by atoms with Gasteiger partial charge in [-0.3, -0.25) is 0 Å². The molecule has 1 unspecified atom stereocenters. The third-order valence-corrected chi connectivity index (χ3v) is 4.22. The monoisotopic (exact) mass is 278 g/mol. The van der Waals surface area contributed by atoms with Gasteiger partial charge in [0.25, 0.3) is 0 Å². The zero-order valence-electron chi connectivity index (χ0n) is 12.7. The van der Waals surface area contributed by atoms with Crippen LogP contribution in [0.5, 0.6) is 0 Å². The summed E-state index contributed by atoms with van der Waals surface area (Å²) < 4.78 is 2.31. The highest BCUT2D eigenvalue weighted by Crippen LogP contribution is 2.32. The van der Waals surface area contributed by atoms with E-state index in [0.717, 1.165) is 6.54 Å². The van der Waals surface area contributed by atoms with Crippen LogP contribution in [0.25, 0.3) is 10.9 Å². The average Bonchev–Trinajstić information content (AvgIpc) is 2.87. The molecule has 2 nitrogen and oxygen atoms in total. The number of nitrogens with two attached hydrogens (primary N) is 1. The van der Waals surface area contributed by atoms with Gasteiger partial charge in [-0.25, -0.2) is 0 Å². The number of aryl methyl sites for hydroxylation is 2. The smallest absolute Gasteiger partial charge is 0.0483 e. The molecule has 0 saturated carbocycles. The number of fused-ring (bicyclic) bond motifs is 1. The highest BCUT2D eigenvalue weighted by Gasteiger charge is 2.18. The molecule has 0 fully saturated rings. The Hall–Kier alpha value is -2.06. The molecule has 0 aliphatic rings. The Morgan fingerprint density at radius 2 is 1.90 bits per heavy atom. The van der Waals surface area contributed by atoms with E-state index in [1.165, 1.54) is 27.6 Å². The summed E-state index contributed by atoms with van der Waals surface area (Å²) in [7, 11) is 0. The first-order chi connectivity index (χ1) is 10.2. The first kappa shape index (κ1) is 13.9. The molecule has 2 aromatic carbocycles. The third-order valence-electron chi connectivity index (χ3n) is 4.22. The predicted octanol–water partition coefficient (Wildman–Crippen LogP) is 4.06. The zero-order chi connectivity index (χ0) is 14.8. The van der Waals surface area contributed by atoms with Gasteiger partial charge in [0, 0.05) is 36.1 Å². The fraction of sp³-hybridized carbons (Fsp3) is 0.263. The van der Waals surface area contributed by atoms with E-state index < -0.39 is 0 Å². The Kier molecular flexibility index (Phi) is 3.80. The molecule has 0 amide bonds. The van der Waals surface area contributed by atoms with Crippen LogP contribution in [-0.4, -0.2) is 11.1 Å². The highest BCUT2D eigenvalue weighted by molar-refractivity contribution is 5.85. The molecule has 3 rings (SSSR count). The van der Waals surface area contributed by atoms with Gasteiger partial charge < -0.3 is 10.3 Å². The van der Waals surface area contributed by atoms with Gasteiger partial charge in [-0.2, -0.15) is 0 Å². The standard InChI is InChI=1S/C19H22N2/c1-3-21-13-18(16-9-4-5-10-19(16)21)17(12-20)15-8-6-7-14(2)11-15/h4-11,13,17H,3,12,20H2,1-2H3. The summed E-state index contributed by atoms with van der Waals surface area (Å²) in [6.07, 6.45) is 2.27. The lowest BCUT2D eigenvalue weighted by Crippen LogP contribution is -2.13. The van der Waals surface area contributed by atoms with Gasteiger partial charge in [0.2, 0.25) is 0 Å². The summed E-state index contributed by atoms with van der Waals surface area (Å²) >= 11 is 0. The topological polar surface area (TPSA) is 30.9 Å². The first-order valence-corrected chi connectivity index (χ1v) is 7.59. The summed E-state index contributed by atoms with van der Waals surface area (Å²) in [5, 5.41) is 1.32. The van der Waals surface area contributed by atoms with Crippen molar-refractivity contribution >= 4 is 10.9 Å². The maximum Gasteiger partial charge on any atom is 0.0483 e. The lowest BCUT2D eigenvalue weighted by Gasteiger charge is -2.15. The van der Waals surface area contributed by atoms with E-state index in [4.69, 9.17) is 5.73 Å². The molecule has 1 atom stereocenters. The van der Waals surface area contributed by atoms with Gasteiger partial charge in [-0.1, -0.05) is 48.0 Å². The minimum atomic E-state index is 0.252. The maximum absolute atomic E-state index is 6.12. The van der Waals surface area contributed by atoms with Crippen LogP contribution < -0.4 is 5.73 Å². The summed E-state index contributed by atoms with van der Waals surface area (Å²) in [4.78, 5) is 0. The maximum atomic E-state index is 6.12. The molecule has 0 bridgehead atoms. The molecule has 0 aliphatic heterocycles. The second kappa shape index (κ2) is 5.74. The van der Waals surface area contributed by atoms with E-state index in [2.05, 4.69) is 73.1 Å². The van der Waals surface area contributed by atoms with Crippen LogP contribution >= 0.6 is 0 Å². The Morgan fingerprint density at radius 1 is 1.10 bits per heavy atom. The van der Waals surface area contributed by atoms with Crippen LogP contribution in [-0.2, 0) is 6.54 Å². The van der Waals surface area contributed by atoms with Crippen LogP contribution in [0.1, 0.15) is 29.5 Å². The zero-order valence-corrected chi connectivity index (χ0v) is 12.7. The summed E-state index contributed by atoms with van der Waals surface area (Å²) in [5.41, 5.74) is 11.3.